The summed E-state index contributed by atoms with van der Waals surface area (Å²) in [7, 11) is 0. The van der Waals surface area contributed by atoms with Crippen LogP contribution in [-0.4, -0.2) is 31.7 Å². The van der Waals surface area contributed by atoms with Crippen molar-refractivity contribution in [3.63, 3.8) is 0 Å². The zero-order valence-corrected chi connectivity index (χ0v) is 7.94. The van der Waals surface area contributed by atoms with Crippen LogP contribution in [0.1, 0.15) is 19.8 Å². The molecule has 74 valence electrons. The molecule has 2 heterocycles. The quantitative estimate of drug-likeness (QED) is 0.573. The molecule has 0 radical (unpaired) electrons. The Morgan fingerprint density at radius 1 is 1.00 bits per heavy atom. The summed E-state index contributed by atoms with van der Waals surface area (Å²) < 4.78 is 16.6. The number of rotatable bonds is 1. The smallest absolute Gasteiger partial charge is 0.160 e. The molecule has 1 saturated carbocycles. The van der Waals surface area contributed by atoms with Gasteiger partial charge in [-0.2, -0.15) is 0 Å². The summed E-state index contributed by atoms with van der Waals surface area (Å²) in [6.07, 6.45) is 3.47. The van der Waals surface area contributed by atoms with Gasteiger partial charge in [0.25, 0.3) is 0 Å². The summed E-state index contributed by atoms with van der Waals surface area (Å²) in [6, 6.07) is 0. The average Bonchev–Trinajstić information content (AvgIpc) is 2.64. The Balaban J connectivity index is 1.67. The predicted molar refractivity (Wildman–Crippen MR) is 46.2 cm³/mol. The van der Waals surface area contributed by atoms with Gasteiger partial charge < -0.3 is 14.2 Å². The van der Waals surface area contributed by atoms with Gasteiger partial charge in [0, 0.05) is 5.92 Å². The summed E-state index contributed by atoms with van der Waals surface area (Å²) in [6.45, 7) is 3.82. The number of ether oxygens (including phenoxy) is 3. The Hall–Kier alpha value is -0.120. The van der Waals surface area contributed by atoms with Gasteiger partial charge >= 0.3 is 0 Å². The molecule has 1 aliphatic carbocycles. The van der Waals surface area contributed by atoms with Crippen molar-refractivity contribution in [3.8, 4) is 0 Å². The van der Waals surface area contributed by atoms with Crippen LogP contribution >= 0.6 is 0 Å². The van der Waals surface area contributed by atoms with E-state index >= 15 is 0 Å². The van der Waals surface area contributed by atoms with E-state index in [2.05, 4.69) is 6.92 Å². The van der Waals surface area contributed by atoms with E-state index in [1.165, 1.54) is 6.42 Å². The lowest BCUT2D eigenvalue weighted by Crippen LogP contribution is -2.32. The van der Waals surface area contributed by atoms with Gasteiger partial charge in [-0.3, -0.25) is 0 Å². The van der Waals surface area contributed by atoms with E-state index in [0.29, 0.717) is 24.0 Å². The first kappa shape index (κ1) is 8.21. The zero-order valence-electron chi connectivity index (χ0n) is 7.94. The van der Waals surface area contributed by atoms with E-state index in [1.807, 2.05) is 0 Å². The minimum Gasteiger partial charge on any atom is -0.370 e. The highest BCUT2D eigenvalue weighted by Gasteiger charge is 2.49. The maximum atomic E-state index is 5.55. The molecular weight excluding hydrogens is 168 g/mol. The van der Waals surface area contributed by atoms with Gasteiger partial charge in [-0.25, -0.2) is 0 Å². The van der Waals surface area contributed by atoms with Crippen LogP contribution in [0.25, 0.3) is 0 Å². The first-order valence-electron chi connectivity index (χ1n) is 5.23. The van der Waals surface area contributed by atoms with Crippen LogP contribution in [0.2, 0.25) is 0 Å². The molecule has 2 aliphatic heterocycles. The van der Waals surface area contributed by atoms with Crippen LogP contribution in [-0.2, 0) is 14.2 Å². The monoisotopic (exact) mass is 184 g/mol. The van der Waals surface area contributed by atoms with E-state index < -0.39 is 0 Å². The predicted octanol–water partition coefficient (Wildman–Crippen LogP) is 1.17. The van der Waals surface area contributed by atoms with Gasteiger partial charge in [-0.1, -0.05) is 6.92 Å². The van der Waals surface area contributed by atoms with E-state index in [0.717, 1.165) is 19.6 Å². The van der Waals surface area contributed by atoms with Crippen LogP contribution in [0.15, 0.2) is 0 Å². The van der Waals surface area contributed by atoms with Gasteiger partial charge in [0.2, 0.25) is 0 Å². The van der Waals surface area contributed by atoms with Crippen LogP contribution in [0.3, 0.4) is 0 Å². The highest BCUT2D eigenvalue weighted by molar-refractivity contribution is 4.95. The molecule has 0 bridgehead atoms. The third-order valence-electron chi connectivity index (χ3n) is 3.52. The third-order valence-corrected chi connectivity index (χ3v) is 3.52. The molecule has 0 N–H and O–H groups in total. The fourth-order valence-electron chi connectivity index (χ4n) is 2.64. The second kappa shape index (κ2) is 2.94. The maximum Gasteiger partial charge on any atom is 0.160 e. The Bertz CT molecular complexity index is 200. The van der Waals surface area contributed by atoms with Crippen LogP contribution < -0.4 is 0 Å². The molecule has 0 amide bonds. The third kappa shape index (κ3) is 1.39. The molecule has 3 rings (SSSR count). The van der Waals surface area contributed by atoms with Crippen molar-refractivity contribution in [1.29, 1.82) is 0 Å². The summed E-state index contributed by atoms with van der Waals surface area (Å²) in [4.78, 5) is 0. The first-order chi connectivity index (χ1) is 6.34. The van der Waals surface area contributed by atoms with E-state index in [-0.39, 0.29) is 6.29 Å². The molecule has 0 aromatic carbocycles. The van der Waals surface area contributed by atoms with Gasteiger partial charge in [0.1, 0.15) is 0 Å². The van der Waals surface area contributed by atoms with Crippen LogP contribution in [0.4, 0.5) is 0 Å². The molecule has 13 heavy (non-hydrogen) atoms. The Morgan fingerprint density at radius 2 is 1.69 bits per heavy atom. The van der Waals surface area contributed by atoms with Gasteiger partial charge in [-0.05, 0) is 18.8 Å². The molecule has 4 unspecified atom stereocenters. The lowest BCUT2D eigenvalue weighted by atomic mass is 9.80. The summed E-state index contributed by atoms with van der Waals surface area (Å²) in [5, 5.41) is 0. The van der Waals surface area contributed by atoms with Crippen molar-refractivity contribution in [3.05, 3.63) is 0 Å². The molecule has 3 aliphatic rings. The number of fused-ring (bicyclic) bond motifs is 1. The van der Waals surface area contributed by atoms with Crippen molar-refractivity contribution in [1.82, 2.24) is 0 Å². The Kier molecular flexibility index (Phi) is 1.86. The second-order valence-corrected chi connectivity index (χ2v) is 4.44. The van der Waals surface area contributed by atoms with Crippen LogP contribution in [0, 0.1) is 11.8 Å². The molecule has 3 heteroatoms. The fraction of sp³-hybridized carbons (Fsp3) is 1.00. The van der Waals surface area contributed by atoms with Crippen molar-refractivity contribution in [2.75, 3.05) is 13.2 Å². The normalized spacial score (nSPS) is 50.5. The average molecular weight is 184 g/mol. The minimum atomic E-state index is 0.0557. The lowest BCUT2D eigenvalue weighted by molar-refractivity contribution is -0.104. The fourth-order valence-corrected chi connectivity index (χ4v) is 2.64. The van der Waals surface area contributed by atoms with E-state index in [9.17, 15) is 0 Å². The van der Waals surface area contributed by atoms with Crippen molar-refractivity contribution < 1.29 is 14.2 Å². The number of hydrogen-bond acceptors (Lipinski definition) is 3. The largest absolute Gasteiger partial charge is 0.370 e. The Morgan fingerprint density at radius 3 is 2.46 bits per heavy atom. The Labute approximate surface area is 78.3 Å². The van der Waals surface area contributed by atoms with E-state index in [4.69, 9.17) is 14.2 Å². The summed E-state index contributed by atoms with van der Waals surface area (Å²) >= 11 is 0. The van der Waals surface area contributed by atoms with Crippen molar-refractivity contribution in [2.24, 2.45) is 11.8 Å². The molecule has 0 aromatic heterocycles. The van der Waals surface area contributed by atoms with Crippen molar-refractivity contribution >= 4 is 0 Å². The molecular formula is C10H16O3. The highest BCUT2D eigenvalue weighted by atomic mass is 16.7. The van der Waals surface area contributed by atoms with Gasteiger partial charge in [0.05, 0.1) is 25.4 Å². The zero-order chi connectivity index (χ0) is 8.84. The molecule has 0 aromatic rings. The topological polar surface area (TPSA) is 31.0 Å². The SMILES string of the molecule is CC1CC2OC2CC1C1OCCO1. The lowest BCUT2D eigenvalue weighted by Gasteiger charge is -2.29. The van der Waals surface area contributed by atoms with Crippen molar-refractivity contribution in [2.45, 2.75) is 38.3 Å². The molecule has 0 spiro atoms. The molecule has 3 fully saturated rings. The van der Waals surface area contributed by atoms with Crippen LogP contribution in [0.5, 0.6) is 0 Å². The van der Waals surface area contributed by atoms with Gasteiger partial charge in [0.15, 0.2) is 6.29 Å². The second-order valence-electron chi connectivity index (χ2n) is 4.44. The van der Waals surface area contributed by atoms with Gasteiger partial charge in [-0.15, -0.1) is 0 Å². The number of hydrogen-bond donors (Lipinski definition) is 0. The first-order valence-corrected chi connectivity index (χ1v) is 5.23. The standard InChI is InChI=1S/C10H16O3/c1-6-4-8-9(13-8)5-7(6)10-11-2-3-12-10/h6-10H,2-5H2,1H3. The molecule has 4 atom stereocenters. The highest BCUT2D eigenvalue weighted by Crippen LogP contribution is 2.44. The minimum absolute atomic E-state index is 0.0557. The number of epoxide rings is 1. The summed E-state index contributed by atoms with van der Waals surface area (Å²) in [5.74, 6) is 1.25. The maximum absolute atomic E-state index is 5.55. The summed E-state index contributed by atoms with van der Waals surface area (Å²) in [5.41, 5.74) is 0. The molecule has 3 nitrogen and oxygen atoms in total. The molecule has 2 saturated heterocycles. The van der Waals surface area contributed by atoms with E-state index in [1.54, 1.807) is 0 Å².